The highest BCUT2D eigenvalue weighted by atomic mass is 32.2. The highest BCUT2D eigenvalue weighted by molar-refractivity contribution is 7.94. The summed E-state index contributed by atoms with van der Waals surface area (Å²) < 4.78 is 4.78. The van der Waals surface area contributed by atoms with E-state index in [9.17, 15) is 5.11 Å². The lowest BCUT2D eigenvalue weighted by Gasteiger charge is -1.94. The van der Waals surface area contributed by atoms with E-state index in [1.165, 1.54) is 24.2 Å². The normalized spacial score (nSPS) is 9.70. The van der Waals surface area contributed by atoms with Gasteiger partial charge >= 0.3 is 0 Å². The summed E-state index contributed by atoms with van der Waals surface area (Å²) in [6, 6.07) is 6.50. The van der Waals surface area contributed by atoms with E-state index in [-0.39, 0.29) is 5.75 Å². The fourth-order valence-corrected chi connectivity index (χ4v) is 1.03. The summed E-state index contributed by atoms with van der Waals surface area (Å²) in [6.45, 7) is 0. The number of hydrogen-bond acceptors (Lipinski definition) is 2. The minimum Gasteiger partial charge on any atom is -0.314 e. The zero-order valence-corrected chi connectivity index (χ0v) is 6.35. The van der Waals surface area contributed by atoms with Crippen molar-refractivity contribution in [1.82, 2.24) is 0 Å². The Balaban J connectivity index is 2.69. The molecule has 0 fully saturated rings. The van der Waals surface area contributed by atoms with Crippen molar-refractivity contribution in [3.05, 3.63) is 24.3 Å². The molecule has 0 heterocycles. The summed E-state index contributed by atoms with van der Waals surface area (Å²) in [5.41, 5.74) is 0. The van der Waals surface area contributed by atoms with Gasteiger partial charge < -0.3 is 4.18 Å². The molecule has 10 heavy (non-hydrogen) atoms. The summed E-state index contributed by atoms with van der Waals surface area (Å²) in [4.78, 5) is 0.946. The van der Waals surface area contributed by atoms with Crippen LogP contribution in [0.3, 0.4) is 0 Å². The van der Waals surface area contributed by atoms with Gasteiger partial charge in [-0.15, -0.1) is 0 Å². The highest BCUT2D eigenvalue weighted by Gasteiger charge is 1.92. The van der Waals surface area contributed by atoms with Gasteiger partial charge in [0.1, 0.15) is 0 Å². The summed E-state index contributed by atoms with van der Waals surface area (Å²) in [6.07, 6.45) is 0. The van der Waals surface area contributed by atoms with Crippen molar-refractivity contribution in [3.8, 4) is 5.75 Å². The van der Waals surface area contributed by atoms with Crippen LogP contribution in [-0.4, -0.2) is 7.11 Å². The third-order valence-corrected chi connectivity index (χ3v) is 1.63. The van der Waals surface area contributed by atoms with Gasteiger partial charge in [0.05, 0.1) is 7.11 Å². The van der Waals surface area contributed by atoms with Crippen LogP contribution in [0, 0.1) is 0 Å². The quantitative estimate of drug-likeness (QED) is 0.614. The first-order valence-electron chi connectivity index (χ1n) is 2.80. The predicted octanol–water partition coefficient (Wildman–Crippen LogP) is 2.48. The molecule has 0 aliphatic rings. The first-order chi connectivity index (χ1) is 4.83. The maximum absolute atomic E-state index is 10.6. The van der Waals surface area contributed by atoms with Gasteiger partial charge in [-0.05, 0) is 24.3 Å². The van der Waals surface area contributed by atoms with Gasteiger partial charge in [0.25, 0.3) is 0 Å². The Morgan fingerprint density at radius 2 is 1.90 bits per heavy atom. The van der Waals surface area contributed by atoms with Crippen LogP contribution >= 0.6 is 12.0 Å². The minimum atomic E-state index is 0.0282. The third kappa shape index (κ3) is 1.93. The van der Waals surface area contributed by atoms with Crippen LogP contribution in [0.25, 0.3) is 0 Å². The zero-order chi connectivity index (χ0) is 7.40. The first kappa shape index (κ1) is 7.44. The van der Waals surface area contributed by atoms with E-state index in [2.05, 4.69) is 0 Å². The van der Waals surface area contributed by atoms with Crippen molar-refractivity contribution >= 4 is 12.0 Å². The largest absolute Gasteiger partial charge is 0.314 e. The fraction of sp³-hybridized carbons (Fsp3) is 0.143. The molecule has 1 aromatic carbocycles. The highest BCUT2D eigenvalue weighted by Crippen LogP contribution is 2.20. The molecule has 0 unspecified atom stereocenters. The Hall–Kier alpha value is -0.670. The Kier molecular flexibility index (Phi) is 2.59. The van der Waals surface area contributed by atoms with E-state index in [1.807, 2.05) is 0 Å². The van der Waals surface area contributed by atoms with E-state index in [4.69, 9.17) is 4.18 Å². The molecule has 0 N–H and O–H groups in total. The van der Waals surface area contributed by atoms with E-state index in [0.29, 0.717) is 0 Å². The van der Waals surface area contributed by atoms with Crippen molar-refractivity contribution in [2.45, 2.75) is 4.90 Å². The summed E-state index contributed by atoms with van der Waals surface area (Å²) >= 11 is 1.25. The molecule has 3 heteroatoms. The summed E-state index contributed by atoms with van der Waals surface area (Å²) in [7, 11) is 1.59. The van der Waals surface area contributed by atoms with Crippen LogP contribution in [0.5, 0.6) is 5.75 Å². The van der Waals surface area contributed by atoms with Gasteiger partial charge in [-0.3, -0.25) is 5.11 Å². The lowest BCUT2D eigenvalue weighted by Crippen LogP contribution is -1.69. The van der Waals surface area contributed by atoms with Crippen molar-refractivity contribution in [2.75, 3.05) is 7.11 Å². The first-order valence-corrected chi connectivity index (χ1v) is 3.55. The molecule has 0 bridgehead atoms. The predicted molar refractivity (Wildman–Crippen MR) is 39.4 cm³/mol. The minimum absolute atomic E-state index is 0.0282. The molecule has 2 nitrogen and oxygen atoms in total. The molecule has 1 aromatic rings. The molecule has 1 radical (unpaired) electrons. The molecule has 53 valence electrons. The maximum atomic E-state index is 10.6. The Morgan fingerprint density at radius 3 is 2.40 bits per heavy atom. The molecule has 1 rings (SSSR count). The second-order valence-corrected chi connectivity index (χ2v) is 2.69. The van der Waals surface area contributed by atoms with Crippen LogP contribution in [-0.2, 0) is 9.29 Å². The molecular weight excluding hydrogens is 148 g/mol. The molecule has 0 amide bonds. The second-order valence-electron chi connectivity index (χ2n) is 1.72. The number of hydrogen-bond donors (Lipinski definition) is 0. The monoisotopic (exact) mass is 155 g/mol. The zero-order valence-electron chi connectivity index (χ0n) is 5.53. The van der Waals surface area contributed by atoms with Crippen LogP contribution in [0.15, 0.2) is 29.2 Å². The van der Waals surface area contributed by atoms with Crippen molar-refractivity contribution in [1.29, 1.82) is 0 Å². The van der Waals surface area contributed by atoms with Gasteiger partial charge in [0, 0.05) is 16.9 Å². The molecule has 0 aliphatic carbocycles. The fourth-order valence-electron chi connectivity index (χ4n) is 0.591. The van der Waals surface area contributed by atoms with Crippen molar-refractivity contribution in [3.63, 3.8) is 0 Å². The number of benzene rings is 1. The van der Waals surface area contributed by atoms with E-state index >= 15 is 0 Å². The van der Waals surface area contributed by atoms with Crippen molar-refractivity contribution in [2.24, 2.45) is 0 Å². The van der Waals surface area contributed by atoms with Gasteiger partial charge in [-0.1, -0.05) is 0 Å². The SMILES string of the molecule is COSc1ccc([O])cc1. The number of rotatable bonds is 2. The average Bonchev–Trinajstić information content (AvgIpc) is 1.95. The summed E-state index contributed by atoms with van der Waals surface area (Å²) in [5.74, 6) is 0.0282. The average molecular weight is 155 g/mol. The molecule has 0 saturated carbocycles. The molecule has 0 aromatic heterocycles. The Labute approximate surface area is 64.0 Å². The molecular formula is C7H7O2S. The van der Waals surface area contributed by atoms with E-state index in [0.717, 1.165) is 4.90 Å². The van der Waals surface area contributed by atoms with Crippen LogP contribution < -0.4 is 0 Å². The van der Waals surface area contributed by atoms with Crippen LogP contribution in [0.1, 0.15) is 0 Å². The smallest absolute Gasteiger partial charge is 0.178 e. The van der Waals surface area contributed by atoms with Crippen molar-refractivity contribution < 1.29 is 9.29 Å². The second kappa shape index (κ2) is 3.49. The van der Waals surface area contributed by atoms with Crippen LogP contribution in [0.2, 0.25) is 0 Å². The van der Waals surface area contributed by atoms with Gasteiger partial charge in [0.15, 0.2) is 5.75 Å². The molecule has 0 aliphatic heterocycles. The topological polar surface area (TPSA) is 29.1 Å². The van der Waals surface area contributed by atoms with E-state index in [1.54, 1.807) is 19.2 Å². The standard InChI is InChI=1S/C7H7O2S/c1-9-10-7-4-2-6(8)3-5-7/h2-5H,1H3. The lowest BCUT2D eigenvalue weighted by molar-refractivity contribution is 0.354. The van der Waals surface area contributed by atoms with Gasteiger partial charge in [-0.25, -0.2) is 0 Å². The lowest BCUT2D eigenvalue weighted by atomic mass is 10.3. The Morgan fingerprint density at radius 1 is 1.30 bits per heavy atom. The molecule has 0 spiro atoms. The maximum Gasteiger partial charge on any atom is 0.178 e. The Bertz CT molecular complexity index is 195. The van der Waals surface area contributed by atoms with E-state index < -0.39 is 0 Å². The van der Waals surface area contributed by atoms with Gasteiger partial charge in [0.2, 0.25) is 0 Å². The van der Waals surface area contributed by atoms with Gasteiger partial charge in [-0.2, -0.15) is 0 Å². The molecule has 0 atom stereocenters. The summed E-state index contributed by atoms with van der Waals surface area (Å²) in [5, 5.41) is 10.6. The molecule has 0 saturated heterocycles. The third-order valence-electron chi connectivity index (χ3n) is 1.00. The van der Waals surface area contributed by atoms with Crippen LogP contribution in [0.4, 0.5) is 0 Å².